The standard InChI is InChI=1S/C24H18Cl2FN3O2/c25-19-5-2-6-21(12-19)32-15-16-3-1-4-17(11-16)24(31)28-23-9-10-30(29-23)14-18-7-8-20(27)13-22(18)26/h1-13H,14-15H2,(H,28,29,31). The Morgan fingerprint density at radius 2 is 1.88 bits per heavy atom. The summed E-state index contributed by atoms with van der Waals surface area (Å²) < 4.78 is 20.6. The van der Waals surface area contributed by atoms with Crippen LogP contribution in [0.3, 0.4) is 0 Å². The monoisotopic (exact) mass is 469 g/mol. The number of carbonyl (C=O) groups is 1. The number of nitrogens with zero attached hydrogens (tertiary/aromatic N) is 2. The van der Waals surface area contributed by atoms with E-state index in [2.05, 4.69) is 10.4 Å². The summed E-state index contributed by atoms with van der Waals surface area (Å²) in [4.78, 5) is 12.7. The quantitative estimate of drug-likeness (QED) is 0.350. The second-order valence-corrected chi connectivity index (χ2v) is 7.88. The van der Waals surface area contributed by atoms with Crippen LogP contribution in [0, 0.1) is 5.82 Å². The SMILES string of the molecule is O=C(Nc1ccn(Cc2ccc(F)cc2Cl)n1)c1cccc(COc2cccc(Cl)c2)c1. The van der Waals surface area contributed by atoms with E-state index in [9.17, 15) is 9.18 Å². The molecule has 0 aliphatic carbocycles. The van der Waals surface area contributed by atoms with Gasteiger partial charge in [-0.1, -0.05) is 47.5 Å². The van der Waals surface area contributed by atoms with Crippen LogP contribution in [-0.2, 0) is 13.2 Å². The Morgan fingerprint density at radius 3 is 2.69 bits per heavy atom. The topological polar surface area (TPSA) is 56.2 Å². The predicted octanol–water partition coefficient (Wildman–Crippen LogP) is 6.21. The molecule has 1 amide bonds. The first kappa shape index (κ1) is 21.9. The maximum atomic E-state index is 13.2. The zero-order valence-corrected chi connectivity index (χ0v) is 18.3. The van der Waals surface area contributed by atoms with Gasteiger partial charge in [-0.15, -0.1) is 0 Å². The summed E-state index contributed by atoms with van der Waals surface area (Å²) >= 11 is 12.0. The molecule has 1 N–H and O–H groups in total. The van der Waals surface area contributed by atoms with Crippen LogP contribution in [0.15, 0.2) is 79.0 Å². The molecule has 0 aliphatic heterocycles. The van der Waals surface area contributed by atoms with Crippen LogP contribution >= 0.6 is 23.2 Å². The Balaban J connectivity index is 1.38. The van der Waals surface area contributed by atoms with Crippen molar-refractivity contribution in [3.63, 3.8) is 0 Å². The van der Waals surface area contributed by atoms with Gasteiger partial charge in [0.1, 0.15) is 18.2 Å². The molecule has 0 unspecified atom stereocenters. The fourth-order valence-electron chi connectivity index (χ4n) is 3.06. The zero-order valence-electron chi connectivity index (χ0n) is 16.8. The lowest BCUT2D eigenvalue weighted by Gasteiger charge is -2.08. The van der Waals surface area contributed by atoms with Crippen molar-refractivity contribution >= 4 is 34.9 Å². The highest BCUT2D eigenvalue weighted by molar-refractivity contribution is 6.31. The van der Waals surface area contributed by atoms with E-state index in [0.29, 0.717) is 40.3 Å². The van der Waals surface area contributed by atoms with Gasteiger partial charge >= 0.3 is 0 Å². The van der Waals surface area contributed by atoms with Crippen molar-refractivity contribution in [1.29, 1.82) is 0 Å². The van der Waals surface area contributed by atoms with Gasteiger partial charge in [-0.25, -0.2) is 4.39 Å². The highest BCUT2D eigenvalue weighted by atomic mass is 35.5. The number of amides is 1. The van der Waals surface area contributed by atoms with E-state index >= 15 is 0 Å². The van der Waals surface area contributed by atoms with E-state index in [0.717, 1.165) is 11.1 Å². The molecule has 0 spiro atoms. The van der Waals surface area contributed by atoms with Crippen LogP contribution in [0.1, 0.15) is 21.5 Å². The number of nitrogens with one attached hydrogen (secondary N) is 1. The normalized spacial score (nSPS) is 10.7. The van der Waals surface area contributed by atoms with E-state index < -0.39 is 5.82 Å². The second-order valence-electron chi connectivity index (χ2n) is 7.03. The summed E-state index contributed by atoms with van der Waals surface area (Å²) in [6, 6.07) is 20.2. The summed E-state index contributed by atoms with van der Waals surface area (Å²) in [5.74, 6) is 0.361. The van der Waals surface area contributed by atoms with Gasteiger partial charge in [-0.2, -0.15) is 5.10 Å². The number of aromatic nitrogens is 2. The summed E-state index contributed by atoms with van der Waals surface area (Å²) in [7, 11) is 0. The molecule has 0 saturated heterocycles. The molecule has 1 heterocycles. The molecule has 162 valence electrons. The van der Waals surface area contributed by atoms with Crippen molar-refractivity contribution in [1.82, 2.24) is 9.78 Å². The Labute approximate surface area is 194 Å². The summed E-state index contributed by atoms with van der Waals surface area (Å²) in [5, 5.41) is 8.03. The van der Waals surface area contributed by atoms with Crippen molar-refractivity contribution in [3.05, 3.63) is 112 Å². The van der Waals surface area contributed by atoms with Gasteiger partial charge in [0.2, 0.25) is 0 Å². The number of benzene rings is 3. The fraction of sp³-hybridized carbons (Fsp3) is 0.0833. The van der Waals surface area contributed by atoms with Gasteiger partial charge < -0.3 is 10.1 Å². The van der Waals surface area contributed by atoms with E-state index in [1.54, 1.807) is 53.3 Å². The molecule has 5 nitrogen and oxygen atoms in total. The Hall–Kier alpha value is -3.35. The van der Waals surface area contributed by atoms with Crippen LogP contribution < -0.4 is 10.1 Å². The maximum Gasteiger partial charge on any atom is 0.256 e. The van der Waals surface area contributed by atoms with Crippen molar-refractivity contribution in [2.75, 3.05) is 5.32 Å². The van der Waals surface area contributed by atoms with Gasteiger partial charge in [-0.3, -0.25) is 9.48 Å². The predicted molar refractivity (Wildman–Crippen MR) is 123 cm³/mol. The summed E-state index contributed by atoms with van der Waals surface area (Å²) in [6.45, 7) is 0.653. The fourth-order valence-corrected chi connectivity index (χ4v) is 3.46. The van der Waals surface area contributed by atoms with Crippen LogP contribution in [0.4, 0.5) is 10.2 Å². The second kappa shape index (κ2) is 9.85. The molecule has 32 heavy (non-hydrogen) atoms. The molecule has 4 aromatic rings. The number of carbonyl (C=O) groups excluding carboxylic acids is 1. The van der Waals surface area contributed by atoms with E-state index in [-0.39, 0.29) is 5.91 Å². The molecule has 0 saturated carbocycles. The van der Waals surface area contributed by atoms with E-state index in [1.807, 2.05) is 18.2 Å². The first-order valence-corrected chi connectivity index (χ1v) is 10.5. The molecular weight excluding hydrogens is 452 g/mol. The molecule has 0 atom stereocenters. The van der Waals surface area contributed by atoms with Gasteiger partial charge in [0.15, 0.2) is 5.82 Å². The molecule has 0 bridgehead atoms. The highest BCUT2D eigenvalue weighted by Crippen LogP contribution is 2.20. The zero-order chi connectivity index (χ0) is 22.5. The first-order valence-electron chi connectivity index (χ1n) is 9.72. The molecule has 4 rings (SSSR count). The van der Waals surface area contributed by atoms with Gasteiger partial charge in [-0.05, 0) is 53.6 Å². The maximum absolute atomic E-state index is 13.2. The Bertz CT molecular complexity index is 1260. The van der Waals surface area contributed by atoms with Crippen molar-refractivity contribution in [2.45, 2.75) is 13.2 Å². The van der Waals surface area contributed by atoms with Gasteiger partial charge in [0.25, 0.3) is 5.91 Å². The molecule has 0 fully saturated rings. The molecular formula is C24H18Cl2FN3O2. The Morgan fingerprint density at radius 1 is 1.03 bits per heavy atom. The molecule has 0 aliphatic rings. The molecule has 0 radical (unpaired) electrons. The lowest BCUT2D eigenvalue weighted by molar-refractivity contribution is 0.102. The van der Waals surface area contributed by atoms with E-state index in [1.165, 1.54) is 12.1 Å². The number of hydrogen-bond acceptors (Lipinski definition) is 3. The largest absolute Gasteiger partial charge is 0.489 e. The summed E-state index contributed by atoms with van der Waals surface area (Å²) in [5.41, 5.74) is 2.05. The van der Waals surface area contributed by atoms with Crippen LogP contribution in [-0.4, -0.2) is 15.7 Å². The third-order valence-corrected chi connectivity index (χ3v) is 5.21. The number of anilines is 1. The van der Waals surface area contributed by atoms with Crippen LogP contribution in [0.25, 0.3) is 0 Å². The number of ether oxygens (including phenoxy) is 1. The van der Waals surface area contributed by atoms with E-state index in [4.69, 9.17) is 27.9 Å². The van der Waals surface area contributed by atoms with Crippen molar-refractivity contribution < 1.29 is 13.9 Å². The Kier molecular flexibility index (Phi) is 6.73. The minimum atomic E-state index is -0.396. The van der Waals surface area contributed by atoms with Crippen LogP contribution in [0.5, 0.6) is 5.75 Å². The van der Waals surface area contributed by atoms with Crippen LogP contribution in [0.2, 0.25) is 10.0 Å². The lowest BCUT2D eigenvalue weighted by atomic mass is 10.1. The van der Waals surface area contributed by atoms with Crippen molar-refractivity contribution in [3.8, 4) is 5.75 Å². The third-order valence-electron chi connectivity index (χ3n) is 4.62. The average molecular weight is 470 g/mol. The minimum absolute atomic E-state index is 0.292. The molecule has 3 aromatic carbocycles. The number of rotatable bonds is 7. The average Bonchev–Trinajstić information content (AvgIpc) is 3.21. The minimum Gasteiger partial charge on any atom is -0.489 e. The summed E-state index contributed by atoms with van der Waals surface area (Å²) in [6.07, 6.45) is 1.71. The molecule has 1 aromatic heterocycles. The first-order chi connectivity index (χ1) is 15.5. The molecule has 8 heteroatoms. The highest BCUT2D eigenvalue weighted by Gasteiger charge is 2.10. The number of hydrogen-bond donors (Lipinski definition) is 1. The smallest absolute Gasteiger partial charge is 0.256 e. The number of halogens is 3. The third kappa shape index (κ3) is 5.66. The lowest BCUT2D eigenvalue weighted by Crippen LogP contribution is -2.13. The van der Waals surface area contributed by atoms with Gasteiger partial charge in [0, 0.05) is 27.9 Å². The van der Waals surface area contributed by atoms with Crippen molar-refractivity contribution in [2.24, 2.45) is 0 Å². The van der Waals surface area contributed by atoms with Gasteiger partial charge in [0.05, 0.1) is 6.54 Å².